The zero-order chi connectivity index (χ0) is 15.0. The van der Waals surface area contributed by atoms with Crippen molar-refractivity contribution in [2.24, 2.45) is 10.7 Å². The second-order valence-electron chi connectivity index (χ2n) is 4.81. The van der Waals surface area contributed by atoms with E-state index < -0.39 is 0 Å². The van der Waals surface area contributed by atoms with Gasteiger partial charge in [-0.3, -0.25) is 9.79 Å². The molecule has 6 heteroatoms. The first kappa shape index (κ1) is 19.7. The molecule has 0 aliphatic carbocycles. The van der Waals surface area contributed by atoms with Crippen LogP contribution in [0, 0.1) is 0 Å². The molecule has 0 saturated heterocycles. The van der Waals surface area contributed by atoms with Crippen molar-refractivity contribution >= 4 is 41.5 Å². The summed E-state index contributed by atoms with van der Waals surface area (Å²) >= 11 is 0. The van der Waals surface area contributed by atoms with E-state index in [9.17, 15) is 4.79 Å². The quantitative estimate of drug-likeness (QED) is 0.295. The number of guanidine groups is 1. The Morgan fingerprint density at radius 3 is 2.48 bits per heavy atom. The van der Waals surface area contributed by atoms with E-state index in [0.717, 1.165) is 12.1 Å². The van der Waals surface area contributed by atoms with Crippen molar-refractivity contribution in [2.75, 3.05) is 18.4 Å². The lowest BCUT2D eigenvalue weighted by Crippen LogP contribution is -2.26. The van der Waals surface area contributed by atoms with Crippen LogP contribution in [0.5, 0.6) is 0 Å². The molecular formula is C15H25IN4O. The van der Waals surface area contributed by atoms with Crippen molar-refractivity contribution in [1.29, 1.82) is 0 Å². The Labute approximate surface area is 143 Å². The van der Waals surface area contributed by atoms with Crippen LogP contribution in [0.4, 0.5) is 5.69 Å². The van der Waals surface area contributed by atoms with Crippen LogP contribution < -0.4 is 16.4 Å². The zero-order valence-electron chi connectivity index (χ0n) is 12.8. The largest absolute Gasteiger partial charge is 0.370 e. The topological polar surface area (TPSA) is 79.5 Å². The van der Waals surface area contributed by atoms with E-state index in [2.05, 4.69) is 41.6 Å². The molecule has 0 fully saturated rings. The Morgan fingerprint density at radius 2 is 1.95 bits per heavy atom. The van der Waals surface area contributed by atoms with Crippen LogP contribution in [0.2, 0.25) is 0 Å². The first-order valence-corrected chi connectivity index (χ1v) is 6.94. The molecule has 21 heavy (non-hydrogen) atoms. The number of nitrogens with zero attached hydrogens (tertiary/aromatic N) is 1. The normalized spacial score (nSPS) is 12.2. The summed E-state index contributed by atoms with van der Waals surface area (Å²) < 4.78 is 0. The molecule has 1 amide bonds. The SMILES string of the molecule is CCC(C)c1ccc(NC(N)=NCCNC(C)=O)cc1.I. The molecule has 5 nitrogen and oxygen atoms in total. The van der Waals surface area contributed by atoms with Crippen LogP contribution in [0.25, 0.3) is 0 Å². The second-order valence-corrected chi connectivity index (χ2v) is 4.81. The molecule has 1 atom stereocenters. The Kier molecular flexibility index (Phi) is 9.77. The summed E-state index contributed by atoms with van der Waals surface area (Å²) in [6, 6.07) is 8.19. The highest BCUT2D eigenvalue weighted by molar-refractivity contribution is 14.0. The van der Waals surface area contributed by atoms with Crippen LogP contribution >= 0.6 is 24.0 Å². The Morgan fingerprint density at radius 1 is 1.33 bits per heavy atom. The van der Waals surface area contributed by atoms with Gasteiger partial charge in [0, 0.05) is 19.2 Å². The van der Waals surface area contributed by atoms with E-state index in [1.54, 1.807) is 0 Å². The zero-order valence-corrected chi connectivity index (χ0v) is 15.2. The molecule has 0 aliphatic heterocycles. The van der Waals surface area contributed by atoms with Crippen LogP contribution in [-0.2, 0) is 4.79 Å². The van der Waals surface area contributed by atoms with Gasteiger partial charge >= 0.3 is 0 Å². The summed E-state index contributed by atoms with van der Waals surface area (Å²) in [6.45, 7) is 6.81. The Bertz CT molecular complexity index is 459. The van der Waals surface area contributed by atoms with Crippen molar-refractivity contribution in [2.45, 2.75) is 33.1 Å². The van der Waals surface area contributed by atoms with Gasteiger partial charge in [-0.1, -0.05) is 26.0 Å². The lowest BCUT2D eigenvalue weighted by Gasteiger charge is -2.10. The second kappa shape index (κ2) is 10.4. The highest BCUT2D eigenvalue weighted by Gasteiger charge is 2.02. The third-order valence-electron chi connectivity index (χ3n) is 3.13. The first-order valence-electron chi connectivity index (χ1n) is 6.94. The molecule has 1 aromatic carbocycles. The molecule has 0 spiro atoms. The number of anilines is 1. The van der Waals surface area contributed by atoms with E-state index in [0.29, 0.717) is 25.0 Å². The lowest BCUT2D eigenvalue weighted by molar-refractivity contribution is -0.118. The molecule has 1 rings (SSSR count). The summed E-state index contributed by atoms with van der Waals surface area (Å²) in [5.74, 6) is 0.853. The maximum atomic E-state index is 10.7. The number of carbonyl (C=O) groups is 1. The van der Waals surface area contributed by atoms with E-state index in [1.165, 1.54) is 12.5 Å². The smallest absolute Gasteiger partial charge is 0.216 e. The van der Waals surface area contributed by atoms with E-state index in [4.69, 9.17) is 5.73 Å². The van der Waals surface area contributed by atoms with Gasteiger partial charge in [0.25, 0.3) is 0 Å². The number of rotatable bonds is 6. The van der Waals surface area contributed by atoms with Crippen molar-refractivity contribution < 1.29 is 4.79 Å². The standard InChI is InChI=1S/C15H24N4O.HI/c1-4-11(2)13-5-7-14(8-6-13)19-15(16)18-10-9-17-12(3)20;/h5-8,11H,4,9-10H2,1-3H3,(H,17,20)(H3,16,18,19);1H. The van der Waals surface area contributed by atoms with Gasteiger partial charge < -0.3 is 16.4 Å². The summed E-state index contributed by atoms with van der Waals surface area (Å²) in [4.78, 5) is 14.8. The molecule has 0 bridgehead atoms. The minimum absolute atomic E-state index is 0. The van der Waals surface area contributed by atoms with E-state index in [1.807, 2.05) is 12.1 Å². The number of amides is 1. The summed E-state index contributed by atoms with van der Waals surface area (Å²) in [5.41, 5.74) is 8.01. The fourth-order valence-corrected chi connectivity index (χ4v) is 1.73. The van der Waals surface area contributed by atoms with Gasteiger partial charge in [0.2, 0.25) is 5.91 Å². The number of nitrogens with one attached hydrogen (secondary N) is 2. The van der Waals surface area contributed by atoms with Gasteiger partial charge in [0.15, 0.2) is 5.96 Å². The van der Waals surface area contributed by atoms with Gasteiger partial charge in [-0.15, -0.1) is 24.0 Å². The molecule has 118 valence electrons. The van der Waals surface area contributed by atoms with E-state index >= 15 is 0 Å². The summed E-state index contributed by atoms with van der Waals surface area (Å²) in [7, 11) is 0. The number of nitrogens with two attached hydrogens (primary N) is 1. The number of hydrogen-bond acceptors (Lipinski definition) is 2. The van der Waals surface area contributed by atoms with Crippen molar-refractivity contribution in [3.63, 3.8) is 0 Å². The third kappa shape index (κ3) is 7.89. The first-order chi connectivity index (χ1) is 9.52. The van der Waals surface area contributed by atoms with Gasteiger partial charge in [0.05, 0.1) is 6.54 Å². The van der Waals surface area contributed by atoms with Crippen molar-refractivity contribution in [1.82, 2.24) is 5.32 Å². The molecule has 0 saturated carbocycles. The minimum Gasteiger partial charge on any atom is -0.370 e. The van der Waals surface area contributed by atoms with Crippen LogP contribution in [0.3, 0.4) is 0 Å². The van der Waals surface area contributed by atoms with Gasteiger partial charge in [-0.2, -0.15) is 0 Å². The third-order valence-corrected chi connectivity index (χ3v) is 3.13. The summed E-state index contributed by atoms with van der Waals surface area (Å²) in [5, 5.41) is 5.69. The molecule has 0 aromatic heterocycles. The fraction of sp³-hybridized carbons (Fsp3) is 0.467. The number of carbonyl (C=O) groups excluding carboxylic acids is 1. The monoisotopic (exact) mass is 404 g/mol. The van der Waals surface area contributed by atoms with Crippen LogP contribution in [-0.4, -0.2) is 25.0 Å². The number of aliphatic imine (C=N–C) groups is 1. The number of hydrogen-bond donors (Lipinski definition) is 3. The highest BCUT2D eigenvalue weighted by Crippen LogP contribution is 2.20. The Hall–Kier alpha value is -1.31. The van der Waals surface area contributed by atoms with Crippen LogP contribution in [0.1, 0.15) is 38.7 Å². The predicted molar refractivity (Wildman–Crippen MR) is 99.4 cm³/mol. The predicted octanol–water partition coefficient (Wildman–Crippen LogP) is 2.68. The van der Waals surface area contributed by atoms with Crippen molar-refractivity contribution in [3.05, 3.63) is 29.8 Å². The van der Waals surface area contributed by atoms with Gasteiger partial charge in [0.1, 0.15) is 0 Å². The maximum absolute atomic E-state index is 10.7. The molecular weight excluding hydrogens is 379 g/mol. The van der Waals surface area contributed by atoms with Crippen LogP contribution in [0.15, 0.2) is 29.3 Å². The lowest BCUT2D eigenvalue weighted by atomic mass is 9.99. The molecule has 0 heterocycles. The van der Waals surface area contributed by atoms with Crippen molar-refractivity contribution in [3.8, 4) is 0 Å². The average Bonchev–Trinajstić information content (AvgIpc) is 2.43. The molecule has 0 aliphatic rings. The Balaban J connectivity index is 0.00000400. The minimum atomic E-state index is -0.0626. The molecule has 0 radical (unpaired) electrons. The molecule has 1 unspecified atom stereocenters. The number of benzene rings is 1. The average molecular weight is 404 g/mol. The highest BCUT2D eigenvalue weighted by atomic mass is 127. The van der Waals surface area contributed by atoms with Gasteiger partial charge in [-0.25, -0.2) is 0 Å². The fourth-order valence-electron chi connectivity index (χ4n) is 1.73. The molecule has 4 N–H and O–H groups in total. The number of halogens is 1. The van der Waals surface area contributed by atoms with E-state index in [-0.39, 0.29) is 29.9 Å². The maximum Gasteiger partial charge on any atom is 0.216 e. The van der Waals surface area contributed by atoms with Gasteiger partial charge in [-0.05, 0) is 30.0 Å². The molecule has 1 aromatic rings. The summed E-state index contributed by atoms with van der Waals surface area (Å²) in [6.07, 6.45) is 1.12.